The van der Waals surface area contributed by atoms with E-state index >= 15 is 0 Å². The van der Waals surface area contributed by atoms with Gasteiger partial charge in [0.2, 0.25) is 0 Å². The predicted molar refractivity (Wildman–Crippen MR) is 81.4 cm³/mol. The molecule has 1 aromatic carbocycles. The fraction of sp³-hybridized carbons (Fsp3) is 0.0833. The number of carboxylic acids is 1. The highest BCUT2D eigenvalue weighted by molar-refractivity contribution is 7.09. The average molecular weight is 346 g/mol. The van der Waals surface area contributed by atoms with Gasteiger partial charge in [-0.15, -0.1) is 11.3 Å². The Morgan fingerprint density at radius 2 is 2.10 bits per heavy atom. The number of anilines is 1. The van der Waals surface area contributed by atoms with E-state index in [9.17, 15) is 9.59 Å². The molecule has 21 heavy (non-hydrogen) atoms. The van der Waals surface area contributed by atoms with Gasteiger partial charge in [0.05, 0.1) is 16.3 Å². The minimum absolute atomic E-state index is 0.0270. The number of carbonyl (C=O) groups excluding carboxylic acids is 1. The second kappa shape index (κ2) is 6.40. The monoisotopic (exact) mass is 345 g/mol. The topological polar surface area (TPSA) is 105 Å². The summed E-state index contributed by atoms with van der Waals surface area (Å²) in [6.07, 6.45) is 0. The zero-order chi connectivity index (χ0) is 15.6. The number of thiazole rings is 1. The molecule has 0 aliphatic heterocycles. The van der Waals surface area contributed by atoms with Crippen molar-refractivity contribution in [2.75, 3.05) is 5.32 Å². The van der Waals surface area contributed by atoms with Crippen molar-refractivity contribution in [3.63, 3.8) is 0 Å². The Kier molecular flexibility index (Phi) is 4.79. The van der Waals surface area contributed by atoms with Gasteiger partial charge < -0.3 is 16.2 Å². The van der Waals surface area contributed by atoms with Gasteiger partial charge in [0.15, 0.2) is 0 Å². The lowest BCUT2D eigenvalue weighted by atomic mass is 10.1. The number of hydrogen-bond donors (Lipinski definition) is 3. The van der Waals surface area contributed by atoms with E-state index in [1.807, 2.05) is 0 Å². The second-order valence-electron chi connectivity index (χ2n) is 3.90. The summed E-state index contributed by atoms with van der Waals surface area (Å²) >= 11 is 12.9. The summed E-state index contributed by atoms with van der Waals surface area (Å²) in [6.45, 7) is 0.222. The van der Waals surface area contributed by atoms with Gasteiger partial charge >= 0.3 is 5.97 Å². The number of carboxylic acid groups (broad SMARTS) is 1. The molecule has 0 saturated heterocycles. The van der Waals surface area contributed by atoms with Crippen LogP contribution in [-0.2, 0) is 6.54 Å². The van der Waals surface area contributed by atoms with E-state index < -0.39 is 11.9 Å². The molecule has 110 valence electrons. The van der Waals surface area contributed by atoms with Crippen LogP contribution in [0.5, 0.6) is 0 Å². The Morgan fingerprint density at radius 1 is 1.38 bits per heavy atom. The van der Waals surface area contributed by atoms with Crippen molar-refractivity contribution in [1.82, 2.24) is 4.98 Å². The highest BCUT2D eigenvalue weighted by Crippen LogP contribution is 2.30. The van der Waals surface area contributed by atoms with Crippen molar-refractivity contribution >= 4 is 52.1 Å². The van der Waals surface area contributed by atoms with Crippen molar-refractivity contribution < 1.29 is 14.7 Å². The number of nitrogens with zero attached hydrogens (tertiary/aromatic N) is 1. The molecular formula is C12H9Cl2N3O3S. The number of nitrogens with two attached hydrogens (primary N) is 1. The van der Waals surface area contributed by atoms with Gasteiger partial charge in [-0.2, -0.15) is 0 Å². The van der Waals surface area contributed by atoms with Crippen molar-refractivity contribution in [3.05, 3.63) is 43.8 Å². The van der Waals surface area contributed by atoms with Gasteiger partial charge in [-0.1, -0.05) is 23.2 Å². The number of benzene rings is 1. The molecular weight excluding hydrogens is 337 g/mol. The summed E-state index contributed by atoms with van der Waals surface area (Å²) in [6, 6.07) is 2.55. The number of aromatic nitrogens is 1. The molecule has 1 aromatic heterocycles. The number of nitrogens with one attached hydrogen (secondary N) is 1. The maximum Gasteiger partial charge on any atom is 0.337 e. The number of aromatic carboxylic acids is 1. The molecule has 0 aliphatic carbocycles. The van der Waals surface area contributed by atoms with Crippen molar-refractivity contribution in [3.8, 4) is 0 Å². The molecule has 0 saturated carbocycles. The zero-order valence-corrected chi connectivity index (χ0v) is 12.7. The number of rotatable bonds is 4. The molecule has 4 N–H and O–H groups in total. The largest absolute Gasteiger partial charge is 0.478 e. The number of halogens is 2. The Balaban J connectivity index is 2.34. The van der Waals surface area contributed by atoms with E-state index in [4.69, 9.17) is 34.0 Å². The third-order valence-electron chi connectivity index (χ3n) is 2.48. The average Bonchev–Trinajstić information content (AvgIpc) is 2.90. The molecule has 0 bridgehead atoms. The van der Waals surface area contributed by atoms with Gasteiger partial charge in [0, 0.05) is 16.9 Å². The van der Waals surface area contributed by atoms with Crippen LogP contribution in [0.2, 0.25) is 10.0 Å². The first kappa shape index (κ1) is 15.7. The minimum Gasteiger partial charge on any atom is -0.478 e. The van der Waals surface area contributed by atoms with Gasteiger partial charge in [-0.25, -0.2) is 9.78 Å². The fourth-order valence-electron chi connectivity index (χ4n) is 1.56. The van der Waals surface area contributed by atoms with Gasteiger partial charge in [0.25, 0.3) is 5.91 Å². The molecule has 0 spiro atoms. The minimum atomic E-state index is -1.25. The molecule has 1 amide bonds. The van der Waals surface area contributed by atoms with Crippen LogP contribution >= 0.6 is 34.5 Å². The van der Waals surface area contributed by atoms with Crippen LogP contribution in [0.15, 0.2) is 17.5 Å². The van der Waals surface area contributed by atoms with Crippen LogP contribution in [0.25, 0.3) is 0 Å². The number of amides is 1. The van der Waals surface area contributed by atoms with E-state index in [-0.39, 0.29) is 33.5 Å². The lowest BCUT2D eigenvalue weighted by molar-refractivity contribution is 0.0698. The highest BCUT2D eigenvalue weighted by Gasteiger charge is 2.19. The van der Waals surface area contributed by atoms with E-state index in [1.165, 1.54) is 28.8 Å². The van der Waals surface area contributed by atoms with Crippen molar-refractivity contribution in [2.24, 2.45) is 5.73 Å². The summed E-state index contributed by atoms with van der Waals surface area (Å²) in [4.78, 5) is 27.3. The van der Waals surface area contributed by atoms with Gasteiger partial charge in [-0.3, -0.25) is 4.79 Å². The van der Waals surface area contributed by atoms with E-state index in [0.717, 1.165) is 0 Å². The SMILES string of the molecule is NCc1nc(C(=O)Nc2c(Cl)cc(Cl)cc2C(=O)O)cs1. The zero-order valence-electron chi connectivity index (χ0n) is 10.4. The molecule has 9 heteroatoms. The lowest BCUT2D eigenvalue weighted by Gasteiger charge is -2.10. The molecule has 2 rings (SSSR count). The van der Waals surface area contributed by atoms with Crippen molar-refractivity contribution in [1.29, 1.82) is 0 Å². The first-order valence-electron chi connectivity index (χ1n) is 5.60. The Bertz CT molecular complexity index is 718. The first-order valence-corrected chi connectivity index (χ1v) is 7.24. The van der Waals surface area contributed by atoms with Crippen LogP contribution in [0.1, 0.15) is 25.9 Å². The van der Waals surface area contributed by atoms with Crippen molar-refractivity contribution in [2.45, 2.75) is 6.54 Å². The maximum atomic E-state index is 12.1. The summed E-state index contributed by atoms with van der Waals surface area (Å²) in [5.41, 5.74) is 5.34. The van der Waals surface area contributed by atoms with Crippen LogP contribution in [0.4, 0.5) is 5.69 Å². The highest BCUT2D eigenvalue weighted by atomic mass is 35.5. The molecule has 0 fully saturated rings. The second-order valence-corrected chi connectivity index (χ2v) is 5.69. The normalized spacial score (nSPS) is 10.4. The molecule has 0 atom stereocenters. The Hall–Kier alpha value is -1.67. The molecule has 2 aromatic rings. The first-order chi connectivity index (χ1) is 9.92. The molecule has 1 heterocycles. The van der Waals surface area contributed by atoms with Gasteiger partial charge in [0.1, 0.15) is 10.7 Å². The van der Waals surface area contributed by atoms with E-state index in [2.05, 4.69) is 10.3 Å². The third kappa shape index (κ3) is 3.51. The summed E-state index contributed by atoms with van der Waals surface area (Å²) in [5, 5.41) is 13.9. The third-order valence-corrected chi connectivity index (χ3v) is 3.87. The maximum absolute atomic E-state index is 12.1. The summed E-state index contributed by atoms with van der Waals surface area (Å²) in [5.74, 6) is -1.83. The standard InChI is InChI=1S/C12H9Cl2N3O3S/c13-5-1-6(12(19)20)10(7(14)2-5)17-11(18)8-4-21-9(3-15)16-8/h1-2,4H,3,15H2,(H,17,18)(H,19,20). The number of hydrogen-bond acceptors (Lipinski definition) is 5. The van der Waals surface area contributed by atoms with Crippen LogP contribution < -0.4 is 11.1 Å². The lowest BCUT2D eigenvalue weighted by Crippen LogP contribution is -2.16. The Labute approximate surface area is 133 Å². The van der Waals surface area contributed by atoms with Crippen LogP contribution in [0, 0.1) is 0 Å². The molecule has 0 aliphatic rings. The summed E-state index contributed by atoms with van der Waals surface area (Å²) < 4.78 is 0. The fourth-order valence-corrected chi connectivity index (χ4v) is 2.75. The number of carbonyl (C=O) groups is 2. The van der Waals surface area contributed by atoms with Gasteiger partial charge in [-0.05, 0) is 12.1 Å². The Morgan fingerprint density at radius 3 is 2.67 bits per heavy atom. The quantitative estimate of drug-likeness (QED) is 0.789. The van der Waals surface area contributed by atoms with E-state index in [1.54, 1.807) is 0 Å². The van der Waals surface area contributed by atoms with Crippen LogP contribution in [-0.4, -0.2) is 22.0 Å². The molecule has 6 nitrogen and oxygen atoms in total. The summed E-state index contributed by atoms with van der Waals surface area (Å²) in [7, 11) is 0. The van der Waals surface area contributed by atoms with Crippen LogP contribution in [0.3, 0.4) is 0 Å². The molecule has 0 unspecified atom stereocenters. The molecule has 0 radical (unpaired) electrons. The predicted octanol–water partition coefficient (Wildman–Crippen LogP) is 2.86. The smallest absolute Gasteiger partial charge is 0.337 e. The van der Waals surface area contributed by atoms with E-state index in [0.29, 0.717) is 5.01 Å².